The second-order valence-electron chi connectivity index (χ2n) is 2.49. The smallest absolute Gasteiger partial charge is 0.115 e. The minimum absolute atomic E-state index is 0. The molecule has 12 heavy (non-hydrogen) atoms. The SMILES string of the molecule is N.OCCCc1ccc(O)cc1. The highest BCUT2D eigenvalue weighted by Gasteiger charge is 1.91. The average Bonchev–Trinajstić information content (AvgIpc) is 2.04. The number of aromatic hydroxyl groups is 1. The van der Waals surface area contributed by atoms with Crippen LogP contribution in [0.4, 0.5) is 0 Å². The van der Waals surface area contributed by atoms with Crippen LogP contribution in [0.3, 0.4) is 0 Å². The van der Waals surface area contributed by atoms with E-state index in [0.717, 1.165) is 18.4 Å². The first-order valence-electron chi connectivity index (χ1n) is 3.71. The number of hydrogen-bond donors (Lipinski definition) is 3. The third-order valence-electron chi connectivity index (χ3n) is 1.56. The topological polar surface area (TPSA) is 75.5 Å². The van der Waals surface area contributed by atoms with Crippen molar-refractivity contribution in [2.75, 3.05) is 6.61 Å². The van der Waals surface area contributed by atoms with Gasteiger partial charge in [-0.3, -0.25) is 0 Å². The lowest BCUT2D eigenvalue weighted by molar-refractivity contribution is 0.288. The molecule has 0 atom stereocenters. The van der Waals surface area contributed by atoms with Crippen LogP contribution < -0.4 is 6.15 Å². The summed E-state index contributed by atoms with van der Waals surface area (Å²) in [5.74, 6) is 0.290. The fourth-order valence-corrected chi connectivity index (χ4v) is 0.946. The highest BCUT2D eigenvalue weighted by molar-refractivity contribution is 5.25. The molecule has 1 aromatic carbocycles. The summed E-state index contributed by atoms with van der Waals surface area (Å²) in [6.45, 7) is 0.223. The molecule has 3 heteroatoms. The number of hydrogen-bond acceptors (Lipinski definition) is 3. The summed E-state index contributed by atoms with van der Waals surface area (Å²) < 4.78 is 0. The molecule has 0 bridgehead atoms. The zero-order chi connectivity index (χ0) is 8.10. The van der Waals surface area contributed by atoms with Gasteiger partial charge in [0.15, 0.2) is 0 Å². The lowest BCUT2D eigenvalue weighted by Crippen LogP contribution is -1.88. The molecule has 68 valence electrons. The molecule has 0 aliphatic carbocycles. The summed E-state index contributed by atoms with van der Waals surface area (Å²) in [4.78, 5) is 0. The summed E-state index contributed by atoms with van der Waals surface area (Å²) >= 11 is 0. The van der Waals surface area contributed by atoms with E-state index in [0.29, 0.717) is 0 Å². The van der Waals surface area contributed by atoms with Crippen molar-refractivity contribution in [3.05, 3.63) is 29.8 Å². The van der Waals surface area contributed by atoms with Crippen LogP contribution in [0.2, 0.25) is 0 Å². The fraction of sp³-hybridized carbons (Fsp3) is 0.333. The van der Waals surface area contributed by atoms with Gasteiger partial charge >= 0.3 is 0 Å². The van der Waals surface area contributed by atoms with Gasteiger partial charge in [0.1, 0.15) is 5.75 Å². The van der Waals surface area contributed by atoms with E-state index in [4.69, 9.17) is 10.2 Å². The van der Waals surface area contributed by atoms with E-state index < -0.39 is 0 Å². The van der Waals surface area contributed by atoms with Crippen LogP contribution in [0, 0.1) is 0 Å². The summed E-state index contributed by atoms with van der Waals surface area (Å²) in [5, 5.41) is 17.5. The van der Waals surface area contributed by atoms with Gasteiger partial charge in [-0.15, -0.1) is 0 Å². The molecule has 3 nitrogen and oxygen atoms in total. The normalized spacial score (nSPS) is 9.08. The first-order chi connectivity index (χ1) is 5.33. The Morgan fingerprint density at radius 1 is 1.08 bits per heavy atom. The fourth-order valence-electron chi connectivity index (χ4n) is 0.946. The molecule has 0 fully saturated rings. The number of aliphatic hydroxyl groups excluding tert-OH is 1. The maximum Gasteiger partial charge on any atom is 0.115 e. The average molecular weight is 169 g/mol. The number of phenolic OH excluding ortho intramolecular Hbond substituents is 1. The quantitative estimate of drug-likeness (QED) is 0.641. The lowest BCUT2D eigenvalue weighted by Gasteiger charge is -1.98. The third kappa shape index (κ3) is 3.37. The highest BCUT2D eigenvalue weighted by Crippen LogP contribution is 2.10. The maximum absolute atomic E-state index is 8.93. The first kappa shape index (κ1) is 10.9. The van der Waals surface area contributed by atoms with E-state index in [2.05, 4.69) is 0 Å². The summed E-state index contributed by atoms with van der Waals surface area (Å²) in [6.07, 6.45) is 1.65. The zero-order valence-electron chi connectivity index (χ0n) is 7.03. The summed E-state index contributed by atoms with van der Waals surface area (Å²) in [6, 6.07) is 7.05. The van der Waals surface area contributed by atoms with Gasteiger partial charge in [0.2, 0.25) is 0 Å². The van der Waals surface area contributed by atoms with Crippen LogP contribution in [0.25, 0.3) is 0 Å². The molecule has 0 aliphatic rings. The second-order valence-corrected chi connectivity index (χ2v) is 2.49. The van der Waals surface area contributed by atoms with Crippen molar-refractivity contribution in [2.45, 2.75) is 12.8 Å². The van der Waals surface area contributed by atoms with Crippen molar-refractivity contribution in [2.24, 2.45) is 0 Å². The molecule has 0 aliphatic heterocycles. The van der Waals surface area contributed by atoms with Gasteiger partial charge < -0.3 is 16.4 Å². The molecule has 0 radical (unpaired) electrons. The lowest BCUT2D eigenvalue weighted by atomic mass is 10.1. The highest BCUT2D eigenvalue weighted by atomic mass is 16.3. The van der Waals surface area contributed by atoms with Crippen molar-refractivity contribution in [1.82, 2.24) is 6.15 Å². The molecule has 0 heterocycles. The molecular weight excluding hydrogens is 154 g/mol. The van der Waals surface area contributed by atoms with E-state index in [-0.39, 0.29) is 18.5 Å². The van der Waals surface area contributed by atoms with Crippen LogP contribution in [-0.4, -0.2) is 16.8 Å². The Morgan fingerprint density at radius 2 is 1.67 bits per heavy atom. The van der Waals surface area contributed by atoms with E-state index in [1.807, 2.05) is 12.1 Å². The third-order valence-corrected chi connectivity index (χ3v) is 1.56. The number of phenols is 1. The summed E-state index contributed by atoms with van der Waals surface area (Å²) in [5.41, 5.74) is 1.15. The number of aliphatic hydroxyl groups is 1. The van der Waals surface area contributed by atoms with Crippen LogP contribution in [-0.2, 0) is 6.42 Å². The van der Waals surface area contributed by atoms with Crippen molar-refractivity contribution in [3.63, 3.8) is 0 Å². The van der Waals surface area contributed by atoms with Crippen molar-refractivity contribution >= 4 is 0 Å². The van der Waals surface area contributed by atoms with Gasteiger partial charge in [0, 0.05) is 6.61 Å². The van der Waals surface area contributed by atoms with Gasteiger partial charge in [0.25, 0.3) is 0 Å². The van der Waals surface area contributed by atoms with Gasteiger partial charge in [-0.25, -0.2) is 0 Å². The van der Waals surface area contributed by atoms with E-state index in [9.17, 15) is 0 Å². The largest absolute Gasteiger partial charge is 0.508 e. The van der Waals surface area contributed by atoms with E-state index >= 15 is 0 Å². The van der Waals surface area contributed by atoms with Gasteiger partial charge in [0.05, 0.1) is 0 Å². The maximum atomic E-state index is 8.93. The van der Waals surface area contributed by atoms with Crippen LogP contribution in [0.15, 0.2) is 24.3 Å². The predicted molar refractivity (Wildman–Crippen MR) is 48.5 cm³/mol. The first-order valence-corrected chi connectivity index (χ1v) is 3.71. The predicted octanol–water partition coefficient (Wildman–Crippen LogP) is 1.48. The number of rotatable bonds is 3. The molecule has 0 amide bonds. The van der Waals surface area contributed by atoms with Gasteiger partial charge in [-0.05, 0) is 30.5 Å². The molecule has 0 aromatic heterocycles. The minimum atomic E-state index is 0. The second kappa shape index (κ2) is 5.57. The van der Waals surface area contributed by atoms with Crippen molar-refractivity contribution in [3.8, 4) is 5.75 Å². The number of aryl methyl sites for hydroxylation is 1. The van der Waals surface area contributed by atoms with Crippen molar-refractivity contribution < 1.29 is 10.2 Å². The van der Waals surface area contributed by atoms with Gasteiger partial charge in [-0.1, -0.05) is 12.1 Å². The van der Waals surface area contributed by atoms with Crippen LogP contribution in [0.5, 0.6) is 5.75 Å². The number of benzene rings is 1. The van der Waals surface area contributed by atoms with Crippen LogP contribution in [0.1, 0.15) is 12.0 Å². The molecule has 0 spiro atoms. The Balaban J connectivity index is 0.00000121. The standard InChI is InChI=1S/C9H12O2.H3N/c10-7-1-2-8-3-5-9(11)6-4-8;/h3-6,10-11H,1-2,7H2;1H3. The molecule has 1 rings (SSSR count). The van der Waals surface area contributed by atoms with E-state index in [1.54, 1.807) is 12.1 Å². The zero-order valence-corrected chi connectivity index (χ0v) is 7.03. The molecule has 1 aromatic rings. The Morgan fingerprint density at radius 3 is 2.17 bits per heavy atom. The molecule has 0 saturated carbocycles. The molecule has 0 saturated heterocycles. The minimum Gasteiger partial charge on any atom is -0.508 e. The van der Waals surface area contributed by atoms with Gasteiger partial charge in [-0.2, -0.15) is 0 Å². The Hall–Kier alpha value is -1.06. The Bertz CT molecular complexity index is 208. The molecule has 5 N–H and O–H groups in total. The Kier molecular flexibility index (Phi) is 5.08. The monoisotopic (exact) mass is 169 g/mol. The molecule has 0 unspecified atom stereocenters. The van der Waals surface area contributed by atoms with E-state index in [1.165, 1.54) is 0 Å². The van der Waals surface area contributed by atoms with Crippen molar-refractivity contribution in [1.29, 1.82) is 0 Å². The van der Waals surface area contributed by atoms with Crippen LogP contribution >= 0.6 is 0 Å². The Labute approximate surface area is 72.3 Å². The molecular formula is C9H15NO2. The summed E-state index contributed by atoms with van der Waals surface area (Å²) in [7, 11) is 0.